The third kappa shape index (κ3) is 3.05. The Kier molecular flexibility index (Phi) is 4.67. The summed E-state index contributed by atoms with van der Waals surface area (Å²) in [4.78, 5) is 31.2. The third-order valence-corrected chi connectivity index (χ3v) is 5.62. The molecule has 0 saturated heterocycles. The number of fused-ring (bicyclic) bond motifs is 1. The lowest BCUT2D eigenvalue weighted by molar-refractivity contribution is 0.100. The second-order valence-electron chi connectivity index (χ2n) is 6.25. The average molecular weight is 388 g/mol. The van der Waals surface area contributed by atoms with E-state index >= 15 is 0 Å². The number of aryl methyl sites for hydroxylation is 1. The van der Waals surface area contributed by atoms with Crippen molar-refractivity contribution in [3.05, 3.63) is 81.3 Å². The van der Waals surface area contributed by atoms with Gasteiger partial charge in [-0.05, 0) is 37.1 Å². The Balaban J connectivity index is 1.93. The van der Waals surface area contributed by atoms with E-state index in [0.717, 1.165) is 5.56 Å². The topological polar surface area (TPSA) is 97.8 Å². The highest BCUT2D eigenvalue weighted by molar-refractivity contribution is 7.15. The number of hydrogen-bond acceptors (Lipinski definition) is 6. The second kappa shape index (κ2) is 7.28. The molecule has 3 aromatic rings. The summed E-state index contributed by atoms with van der Waals surface area (Å²) >= 11 is 1.26. The number of pyridine rings is 1. The molecule has 1 aliphatic rings. The molecular weight excluding hydrogens is 372 g/mol. The number of nitrogens with two attached hydrogens (primary N) is 1. The van der Waals surface area contributed by atoms with Gasteiger partial charge in [-0.15, -0.1) is 11.3 Å². The number of rotatable bonds is 4. The van der Waals surface area contributed by atoms with Gasteiger partial charge in [0.05, 0.1) is 21.8 Å². The molecule has 0 unspecified atom stereocenters. The van der Waals surface area contributed by atoms with Crippen molar-refractivity contribution < 1.29 is 9.59 Å². The minimum absolute atomic E-state index is 0.177. The Labute approximate surface area is 165 Å². The molecule has 6 nitrogen and oxygen atoms in total. The molecule has 7 heteroatoms. The summed E-state index contributed by atoms with van der Waals surface area (Å²) in [6.45, 7) is 1.79. The number of thiophene rings is 1. The molecule has 1 amide bonds. The quantitative estimate of drug-likeness (QED) is 0.661. The molecule has 1 aromatic carbocycles. The van der Waals surface area contributed by atoms with Gasteiger partial charge in [-0.1, -0.05) is 24.3 Å². The zero-order valence-electron chi connectivity index (χ0n) is 15.0. The number of aromatic nitrogens is 1. The molecule has 0 radical (unpaired) electrons. The van der Waals surface area contributed by atoms with Crippen molar-refractivity contribution >= 4 is 28.7 Å². The van der Waals surface area contributed by atoms with Crippen molar-refractivity contribution in [3.63, 3.8) is 0 Å². The first-order valence-electron chi connectivity index (χ1n) is 8.65. The Bertz CT molecular complexity index is 1150. The van der Waals surface area contributed by atoms with Gasteiger partial charge in [0.25, 0.3) is 5.91 Å². The predicted octanol–water partition coefficient (Wildman–Crippen LogP) is 4.60. The number of ketones is 1. The molecule has 2 aromatic heterocycles. The number of primary amides is 1. The molecule has 0 atom stereocenters. The number of allylic oxidation sites excluding steroid dienone is 1. The van der Waals surface area contributed by atoms with E-state index in [2.05, 4.69) is 15.2 Å². The number of amides is 1. The summed E-state index contributed by atoms with van der Waals surface area (Å²) in [6.07, 6.45) is 5.66. The van der Waals surface area contributed by atoms with E-state index in [0.29, 0.717) is 44.2 Å². The van der Waals surface area contributed by atoms with E-state index < -0.39 is 5.91 Å². The SMILES string of the molecule is Cc1sc(C(=O)c2cccc3c2CC=CN=N3)c(-c2ccccn2)c1C(N)=O. The van der Waals surface area contributed by atoms with Crippen LogP contribution in [-0.2, 0) is 6.42 Å². The first kappa shape index (κ1) is 17.9. The summed E-state index contributed by atoms with van der Waals surface area (Å²) < 4.78 is 0. The number of carbonyl (C=O) groups is 2. The summed E-state index contributed by atoms with van der Waals surface area (Å²) in [6, 6.07) is 10.8. The fraction of sp³-hybridized carbons (Fsp3) is 0.0952. The average Bonchev–Trinajstić information content (AvgIpc) is 2.88. The van der Waals surface area contributed by atoms with Crippen LogP contribution in [0.4, 0.5) is 5.69 Å². The lowest BCUT2D eigenvalue weighted by Crippen LogP contribution is -2.13. The van der Waals surface area contributed by atoms with E-state index in [-0.39, 0.29) is 5.78 Å². The molecule has 0 bridgehead atoms. The molecule has 28 heavy (non-hydrogen) atoms. The van der Waals surface area contributed by atoms with Crippen molar-refractivity contribution in [2.75, 3.05) is 0 Å². The van der Waals surface area contributed by atoms with Gasteiger partial charge in [0, 0.05) is 28.4 Å². The fourth-order valence-corrected chi connectivity index (χ4v) is 4.41. The maximum absolute atomic E-state index is 13.5. The Morgan fingerprint density at radius 1 is 1.14 bits per heavy atom. The van der Waals surface area contributed by atoms with Crippen LogP contribution in [0.2, 0.25) is 0 Å². The van der Waals surface area contributed by atoms with Crippen LogP contribution in [0.1, 0.15) is 36.0 Å². The number of benzene rings is 1. The Hall–Kier alpha value is -3.45. The van der Waals surface area contributed by atoms with Gasteiger partial charge in [-0.25, -0.2) is 0 Å². The van der Waals surface area contributed by atoms with E-state index in [1.807, 2.05) is 18.2 Å². The van der Waals surface area contributed by atoms with Crippen molar-refractivity contribution in [2.24, 2.45) is 16.0 Å². The van der Waals surface area contributed by atoms with Crippen molar-refractivity contribution in [3.8, 4) is 11.3 Å². The first-order valence-corrected chi connectivity index (χ1v) is 9.46. The van der Waals surface area contributed by atoms with Crippen molar-refractivity contribution in [1.82, 2.24) is 4.98 Å². The van der Waals surface area contributed by atoms with Gasteiger partial charge in [-0.2, -0.15) is 10.2 Å². The van der Waals surface area contributed by atoms with Crippen molar-refractivity contribution in [1.29, 1.82) is 0 Å². The highest BCUT2D eigenvalue weighted by Gasteiger charge is 2.28. The van der Waals surface area contributed by atoms with Crippen LogP contribution in [0.5, 0.6) is 0 Å². The van der Waals surface area contributed by atoms with Crippen LogP contribution >= 0.6 is 11.3 Å². The van der Waals surface area contributed by atoms with Crippen LogP contribution < -0.4 is 5.73 Å². The van der Waals surface area contributed by atoms with Crippen LogP contribution in [0.25, 0.3) is 11.3 Å². The maximum atomic E-state index is 13.5. The molecule has 0 saturated carbocycles. The molecule has 4 rings (SSSR count). The Morgan fingerprint density at radius 3 is 2.75 bits per heavy atom. The lowest BCUT2D eigenvalue weighted by Gasteiger charge is -2.10. The third-order valence-electron chi connectivity index (χ3n) is 4.51. The number of hydrogen-bond donors (Lipinski definition) is 1. The summed E-state index contributed by atoms with van der Waals surface area (Å²) in [5, 5.41) is 8.11. The number of azo groups is 1. The number of nitrogens with zero attached hydrogens (tertiary/aromatic N) is 3. The minimum Gasteiger partial charge on any atom is -0.366 e. The summed E-state index contributed by atoms with van der Waals surface area (Å²) in [7, 11) is 0. The van der Waals surface area contributed by atoms with Gasteiger partial charge in [-0.3, -0.25) is 14.6 Å². The monoisotopic (exact) mass is 388 g/mol. The van der Waals surface area contributed by atoms with Gasteiger partial charge < -0.3 is 5.73 Å². The van der Waals surface area contributed by atoms with E-state index in [1.54, 1.807) is 43.6 Å². The second-order valence-corrected chi connectivity index (χ2v) is 7.48. The van der Waals surface area contributed by atoms with Gasteiger partial charge in [0.15, 0.2) is 0 Å². The van der Waals surface area contributed by atoms with Gasteiger partial charge in [0.1, 0.15) is 0 Å². The molecule has 1 aliphatic heterocycles. The van der Waals surface area contributed by atoms with Crippen LogP contribution in [0, 0.1) is 6.92 Å². The van der Waals surface area contributed by atoms with Gasteiger partial charge in [0.2, 0.25) is 5.78 Å². The molecule has 0 aliphatic carbocycles. The van der Waals surface area contributed by atoms with Crippen LogP contribution in [0.15, 0.2) is 65.1 Å². The molecule has 2 N–H and O–H groups in total. The molecule has 0 spiro atoms. The lowest BCUT2D eigenvalue weighted by atomic mass is 9.95. The molecule has 3 heterocycles. The molecule has 0 fully saturated rings. The fourth-order valence-electron chi connectivity index (χ4n) is 3.29. The predicted molar refractivity (Wildman–Crippen MR) is 108 cm³/mol. The zero-order valence-corrected chi connectivity index (χ0v) is 15.9. The molecular formula is C21H16N4O2S. The smallest absolute Gasteiger partial charge is 0.250 e. The zero-order chi connectivity index (χ0) is 19.7. The first-order chi connectivity index (χ1) is 13.6. The summed E-state index contributed by atoms with van der Waals surface area (Å²) in [5.41, 5.74) is 9.02. The van der Waals surface area contributed by atoms with E-state index in [9.17, 15) is 9.59 Å². The largest absolute Gasteiger partial charge is 0.366 e. The van der Waals surface area contributed by atoms with Crippen molar-refractivity contribution in [2.45, 2.75) is 13.3 Å². The standard InChI is InChI=1S/C21H16N4O2S/c1-12-17(21(22)27)18(16-8-2-3-10-23-16)20(28-12)19(26)14-6-4-9-15-13(14)7-5-11-24-25-15/h2-6,8-11H,7H2,1H3,(H2,22,27). The highest BCUT2D eigenvalue weighted by Crippen LogP contribution is 2.38. The van der Waals surface area contributed by atoms with Gasteiger partial charge >= 0.3 is 0 Å². The van der Waals surface area contributed by atoms with E-state index in [1.165, 1.54) is 11.3 Å². The van der Waals surface area contributed by atoms with Crippen LogP contribution in [0.3, 0.4) is 0 Å². The van der Waals surface area contributed by atoms with Crippen LogP contribution in [-0.4, -0.2) is 16.7 Å². The number of carbonyl (C=O) groups excluding carboxylic acids is 2. The van der Waals surface area contributed by atoms with E-state index in [4.69, 9.17) is 5.73 Å². The minimum atomic E-state index is -0.572. The Morgan fingerprint density at radius 2 is 2.00 bits per heavy atom. The maximum Gasteiger partial charge on any atom is 0.250 e. The summed E-state index contributed by atoms with van der Waals surface area (Å²) in [5.74, 6) is -0.749. The highest BCUT2D eigenvalue weighted by atomic mass is 32.1. The molecule has 138 valence electrons. The normalized spacial score (nSPS) is 12.5.